The van der Waals surface area contributed by atoms with Crippen molar-refractivity contribution < 1.29 is 4.52 Å². The molecule has 0 bridgehead atoms. The minimum Gasteiger partial charge on any atom is -0.338 e. The number of nitrogens with zero attached hydrogens (tertiary/aromatic N) is 5. The molecule has 8 heteroatoms. The number of benzene rings is 1. The van der Waals surface area contributed by atoms with Crippen molar-refractivity contribution in [2.75, 3.05) is 19.6 Å². The average molecular weight is 389 g/mol. The molecule has 1 atom stereocenters. The summed E-state index contributed by atoms with van der Waals surface area (Å²) in [5.41, 5.74) is 2.48. The molecule has 4 rings (SSSR count). The molecule has 144 valence electrons. The Hall–Kier alpha value is -2.22. The van der Waals surface area contributed by atoms with Crippen molar-refractivity contribution in [2.45, 2.75) is 25.9 Å². The Morgan fingerprint density at radius 2 is 2.15 bits per heavy atom. The van der Waals surface area contributed by atoms with Crippen molar-refractivity contribution in [3.05, 3.63) is 65.3 Å². The fraction of sp³-hybridized carbons (Fsp3) is 0.421. The lowest BCUT2D eigenvalue weighted by Crippen LogP contribution is -2.46. The first-order chi connectivity index (χ1) is 12.7. The fourth-order valence-electron chi connectivity index (χ4n) is 3.47. The second kappa shape index (κ2) is 8.65. The molecule has 2 aromatic heterocycles. The van der Waals surface area contributed by atoms with Gasteiger partial charge in [0.25, 0.3) is 0 Å². The van der Waals surface area contributed by atoms with Gasteiger partial charge in [-0.2, -0.15) is 4.98 Å². The molecule has 0 amide bonds. The van der Waals surface area contributed by atoms with Gasteiger partial charge in [0, 0.05) is 45.5 Å². The molecule has 1 unspecified atom stereocenters. The third-order valence-corrected chi connectivity index (χ3v) is 4.97. The first kappa shape index (κ1) is 19.5. The van der Waals surface area contributed by atoms with E-state index in [1.165, 1.54) is 11.1 Å². The van der Waals surface area contributed by atoms with Crippen LogP contribution >= 0.6 is 12.4 Å². The van der Waals surface area contributed by atoms with E-state index in [0.717, 1.165) is 31.3 Å². The van der Waals surface area contributed by atoms with Crippen LogP contribution in [0.2, 0.25) is 0 Å². The summed E-state index contributed by atoms with van der Waals surface area (Å²) in [6, 6.07) is 8.51. The topological polar surface area (TPSA) is 72.0 Å². The number of halogens is 1. The van der Waals surface area contributed by atoms with Crippen LogP contribution in [0.25, 0.3) is 0 Å². The predicted octanol–water partition coefficient (Wildman–Crippen LogP) is 2.27. The third-order valence-electron chi connectivity index (χ3n) is 4.97. The minimum atomic E-state index is 0. The van der Waals surface area contributed by atoms with E-state index < -0.39 is 0 Å². The number of aromatic nitrogens is 4. The Labute approximate surface area is 165 Å². The lowest BCUT2D eigenvalue weighted by Gasteiger charge is -2.34. The zero-order valence-corrected chi connectivity index (χ0v) is 16.4. The SMILES string of the molecule is Cc1ccccc1Cc1noc(CN2CCNCC2c2nccn2C)n1.Cl. The lowest BCUT2D eigenvalue weighted by molar-refractivity contribution is 0.128. The molecule has 1 aliphatic rings. The number of aryl methyl sites for hydroxylation is 2. The first-order valence-corrected chi connectivity index (χ1v) is 8.98. The molecule has 0 saturated carbocycles. The smallest absolute Gasteiger partial charge is 0.240 e. The quantitative estimate of drug-likeness (QED) is 0.723. The van der Waals surface area contributed by atoms with Crippen LogP contribution in [0.4, 0.5) is 0 Å². The molecule has 1 fully saturated rings. The zero-order chi connectivity index (χ0) is 17.9. The van der Waals surface area contributed by atoms with Gasteiger partial charge in [-0.3, -0.25) is 4.90 Å². The second-order valence-corrected chi connectivity index (χ2v) is 6.79. The van der Waals surface area contributed by atoms with E-state index in [0.29, 0.717) is 18.9 Å². The van der Waals surface area contributed by atoms with Gasteiger partial charge in [-0.25, -0.2) is 4.98 Å². The summed E-state index contributed by atoms with van der Waals surface area (Å²) in [7, 11) is 2.03. The molecule has 7 nitrogen and oxygen atoms in total. The summed E-state index contributed by atoms with van der Waals surface area (Å²) in [4.78, 5) is 11.5. The molecule has 1 aliphatic heterocycles. The largest absolute Gasteiger partial charge is 0.338 e. The van der Waals surface area contributed by atoms with Crippen LogP contribution in [0.5, 0.6) is 0 Å². The monoisotopic (exact) mass is 388 g/mol. The third kappa shape index (κ3) is 4.37. The van der Waals surface area contributed by atoms with Crippen LogP contribution in [0, 0.1) is 6.92 Å². The van der Waals surface area contributed by atoms with Crippen LogP contribution in [0.1, 0.15) is 34.7 Å². The Morgan fingerprint density at radius 3 is 2.93 bits per heavy atom. The number of rotatable bonds is 5. The summed E-state index contributed by atoms with van der Waals surface area (Å²) >= 11 is 0. The highest BCUT2D eigenvalue weighted by atomic mass is 35.5. The molecule has 27 heavy (non-hydrogen) atoms. The van der Waals surface area contributed by atoms with Gasteiger partial charge in [-0.05, 0) is 18.1 Å². The number of nitrogens with one attached hydrogen (secondary N) is 1. The Bertz CT molecular complexity index is 876. The Balaban J connectivity index is 0.00000210. The molecular weight excluding hydrogens is 364 g/mol. The van der Waals surface area contributed by atoms with E-state index in [2.05, 4.69) is 49.0 Å². The highest BCUT2D eigenvalue weighted by molar-refractivity contribution is 5.85. The number of hydrogen-bond donors (Lipinski definition) is 1. The summed E-state index contributed by atoms with van der Waals surface area (Å²) in [6.07, 6.45) is 4.52. The van der Waals surface area contributed by atoms with Gasteiger partial charge in [-0.1, -0.05) is 29.4 Å². The van der Waals surface area contributed by atoms with Crippen LogP contribution < -0.4 is 5.32 Å². The first-order valence-electron chi connectivity index (χ1n) is 8.98. The maximum atomic E-state index is 5.53. The molecule has 0 radical (unpaired) electrons. The van der Waals surface area contributed by atoms with Gasteiger partial charge < -0.3 is 14.4 Å². The van der Waals surface area contributed by atoms with Crippen molar-refractivity contribution in [3.63, 3.8) is 0 Å². The Kier molecular flexibility index (Phi) is 6.26. The van der Waals surface area contributed by atoms with E-state index in [1.807, 2.05) is 31.6 Å². The van der Waals surface area contributed by atoms with Crippen molar-refractivity contribution in [2.24, 2.45) is 7.05 Å². The predicted molar refractivity (Wildman–Crippen MR) is 105 cm³/mol. The normalized spacial score (nSPS) is 17.6. The molecule has 1 saturated heterocycles. The van der Waals surface area contributed by atoms with Crippen LogP contribution in [0.15, 0.2) is 41.2 Å². The molecule has 1 N–H and O–H groups in total. The molecular formula is C19H25ClN6O. The molecule has 1 aromatic carbocycles. The summed E-state index contributed by atoms with van der Waals surface area (Å²) in [6.45, 7) is 5.49. The lowest BCUT2D eigenvalue weighted by atomic mass is 10.1. The van der Waals surface area contributed by atoms with Gasteiger partial charge in [0.1, 0.15) is 5.82 Å². The van der Waals surface area contributed by atoms with Crippen LogP contribution in [-0.4, -0.2) is 44.2 Å². The van der Waals surface area contributed by atoms with Crippen molar-refractivity contribution in [1.29, 1.82) is 0 Å². The Morgan fingerprint density at radius 1 is 1.30 bits per heavy atom. The van der Waals surface area contributed by atoms with Crippen LogP contribution in [0.3, 0.4) is 0 Å². The highest BCUT2D eigenvalue weighted by Crippen LogP contribution is 2.22. The highest BCUT2D eigenvalue weighted by Gasteiger charge is 2.28. The van der Waals surface area contributed by atoms with E-state index in [1.54, 1.807) is 0 Å². The molecule has 3 heterocycles. The maximum Gasteiger partial charge on any atom is 0.240 e. The van der Waals surface area contributed by atoms with Crippen molar-refractivity contribution in [1.82, 2.24) is 29.9 Å². The molecule has 0 aliphatic carbocycles. The summed E-state index contributed by atoms with van der Waals surface area (Å²) in [5.74, 6) is 2.45. The second-order valence-electron chi connectivity index (χ2n) is 6.79. The average Bonchev–Trinajstić information content (AvgIpc) is 3.26. The fourth-order valence-corrected chi connectivity index (χ4v) is 3.47. The molecule has 0 spiro atoms. The van der Waals surface area contributed by atoms with E-state index in [9.17, 15) is 0 Å². The number of imidazole rings is 1. The van der Waals surface area contributed by atoms with Crippen molar-refractivity contribution in [3.8, 4) is 0 Å². The van der Waals surface area contributed by atoms with E-state index in [-0.39, 0.29) is 18.4 Å². The number of piperazine rings is 1. The summed E-state index contributed by atoms with van der Waals surface area (Å²) in [5, 5.41) is 7.62. The molecule has 3 aromatic rings. The minimum absolute atomic E-state index is 0. The summed E-state index contributed by atoms with van der Waals surface area (Å²) < 4.78 is 7.60. The van der Waals surface area contributed by atoms with Crippen molar-refractivity contribution >= 4 is 12.4 Å². The standard InChI is InChI=1S/C19H24N6O.ClH/c1-14-5-3-4-6-15(14)11-17-22-18(26-23-17)13-25-10-7-20-12-16(25)19-21-8-9-24(19)2;/h3-6,8-9,16,20H,7,10-13H2,1-2H3;1H. The van der Waals surface area contributed by atoms with Crippen LogP contribution in [-0.2, 0) is 20.0 Å². The zero-order valence-electron chi connectivity index (χ0n) is 15.6. The van der Waals surface area contributed by atoms with Gasteiger partial charge >= 0.3 is 0 Å². The van der Waals surface area contributed by atoms with Gasteiger partial charge in [-0.15, -0.1) is 12.4 Å². The van der Waals surface area contributed by atoms with E-state index in [4.69, 9.17) is 4.52 Å². The van der Waals surface area contributed by atoms with Gasteiger partial charge in [0.2, 0.25) is 5.89 Å². The number of hydrogen-bond acceptors (Lipinski definition) is 6. The maximum absolute atomic E-state index is 5.53. The van der Waals surface area contributed by atoms with Gasteiger partial charge in [0.15, 0.2) is 5.82 Å². The van der Waals surface area contributed by atoms with E-state index >= 15 is 0 Å². The van der Waals surface area contributed by atoms with Gasteiger partial charge in [0.05, 0.1) is 12.6 Å².